The highest BCUT2D eigenvalue weighted by Crippen LogP contribution is 2.27. The lowest BCUT2D eigenvalue weighted by Gasteiger charge is -2.10. The number of hydrogen-bond donors (Lipinski definition) is 1. The van der Waals surface area contributed by atoms with Crippen molar-refractivity contribution < 1.29 is 19.0 Å². The fraction of sp³-hybridized carbons (Fsp3) is 0.188. The molecule has 0 amide bonds. The summed E-state index contributed by atoms with van der Waals surface area (Å²) in [5, 5.41) is 8.93. The standard InChI is InChI=1S/C16H15FO3/c1-10(16(18)19)12-5-8-14(15(17)9-12)11-3-6-13(20-2)7-4-11/h3-10H,1-2H3,(H,18,19)/t10-/m1/s1. The number of halogens is 1. The fourth-order valence-corrected chi connectivity index (χ4v) is 1.95. The second-order valence-corrected chi connectivity index (χ2v) is 4.53. The SMILES string of the molecule is COc1ccc(-c2ccc([C@@H](C)C(=O)O)cc2F)cc1. The fourth-order valence-electron chi connectivity index (χ4n) is 1.95. The summed E-state index contributed by atoms with van der Waals surface area (Å²) in [6.07, 6.45) is 0. The van der Waals surface area contributed by atoms with E-state index >= 15 is 0 Å². The van der Waals surface area contributed by atoms with Crippen molar-refractivity contribution in [1.82, 2.24) is 0 Å². The molecular weight excluding hydrogens is 259 g/mol. The van der Waals surface area contributed by atoms with Gasteiger partial charge in [0.25, 0.3) is 0 Å². The van der Waals surface area contributed by atoms with Crippen molar-refractivity contribution in [2.45, 2.75) is 12.8 Å². The Morgan fingerprint density at radius 1 is 1.20 bits per heavy atom. The molecule has 0 saturated carbocycles. The highest BCUT2D eigenvalue weighted by atomic mass is 19.1. The zero-order valence-corrected chi connectivity index (χ0v) is 11.3. The second kappa shape index (κ2) is 5.74. The van der Waals surface area contributed by atoms with E-state index in [2.05, 4.69) is 0 Å². The average Bonchev–Trinajstić information content (AvgIpc) is 2.46. The zero-order chi connectivity index (χ0) is 14.7. The molecule has 0 aliphatic heterocycles. The Balaban J connectivity index is 2.35. The number of benzene rings is 2. The molecule has 1 N–H and O–H groups in total. The molecule has 0 radical (unpaired) electrons. The summed E-state index contributed by atoms with van der Waals surface area (Å²) in [7, 11) is 1.57. The van der Waals surface area contributed by atoms with Crippen LogP contribution in [-0.4, -0.2) is 18.2 Å². The van der Waals surface area contributed by atoms with Gasteiger partial charge >= 0.3 is 5.97 Å². The van der Waals surface area contributed by atoms with Crippen molar-refractivity contribution in [3.63, 3.8) is 0 Å². The summed E-state index contributed by atoms with van der Waals surface area (Å²) in [6, 6.07) is 11.5. The molecule has 1 atom stereocenters. The molecule has 2 aromatic rings. The summed E-state index contributed by atoms with van der Waals surface area (Å²) < 4.78 is 19.2. The van der Waals surface area contributed by atoms with Gasteiger partial charge in [-0.15, -0.1) is 0 Å². The van der Waals surface area contributed by atoms with E-state index in [1.807, 2.05) is 0 Å². The third-order valence-electron chi connectivity index (χ3n) is 3.26. The van der Waals surface area contributed by atoms with Gasteiger partial charge in [0, 0.05) is 5.56 Å². The number of ether oxygens (including phenoxy) is 1. The van der Waals surface area contributed by atoms with Crippen molar-refractivity contribution in [1.29, 1.82) is 0 Å². The van der Waals surface area contributed by atoms with Crippen LogP contribution in [0.1, 0.15) is 18.4 Å². The molecule has 0 aliphatic rings. The predicted octanol–water partition coefficient (Wildman–Crippen LogP) is 3.69. The lowest BCUT2D eigenvalue weighted by molar-refractivity contribution is -0.138. The summed E-state index contributed by atoms with van der Waals surface area (Å²) >= 11 is 0. The highest BCUT2D eigenvalue weighted by Gasteiger charge is 2.15. The Morgan fingerprint density at radius 3 is 2.35 bits per heavy atom. The van der Waals surface area contributed by atoms with E-state index in [0.717, 1.165) is 5.56 Å². The maximum atomic E-state index is 14.1. The van der Waals surface area contributed by atoms with Gasteiger partial charge in [-0.1, -0.05) is 24.3 Å². The molecule has 20 heavy (non-hydrogen) atoms. The number of hydrogen-bond acceptors (Lipinski definition) is 2. The molecule has 0 fully saturated rings. The van der Waals surface area contributed by atoms with Crippen LogP contribution in [0.5, 0.6) is 5.75 Å². The minimum atomic E-state index is -0.971. The highest BCUT2D eigenvalue weighted by molar-refractivity contribution is 5.76. The number of methoxy groups -OCH3 is 1. The van der Waals surface area contributed by atoms with E-state index in [4.69, 9.17) is 9.84 Å². The molecule has 4 heteroatoms. The molecule has 0 spiro atoms. The van der Waals surface area contributed by atoms with Gasteiger partial charge in [0.1, 0.15) is 11.6 Å². The molecular formula is C16H15FO3. The Bertz CT molecular complexity index is 620. The topological polar surface area (TPSA) is 46.5 Å². The Hall–Kier alpha value is -2.36. The third kappa shape index (κ3) is 2.79. The van der Waals surface area contributed by atoms with Gasteiger partial charge in [0.15, 0.2) is 0 Å². The summed E-state index contributed by atoms with van der Waals surface area (Å²) in [4.78, 5) is 10.9. The predicted molar refractivity (Wildman–Crippen MR) is 74.4 cm³/mol. The van der Waals surface area contributed by atoms with Crippen LogP contribution in [0.3, 0.4) is 0 Å². The van der Waals surface area contributed by atoms with Crippen LogP contribution in [0.4, 0.5) is 4.39 Å². The summed E-state index contributed by atoms with van der Waals surface area (Å²) in [5.41, 5.74) is 1.61. The lowest BCUT2D eigenvalue weighted by atomic mass is 9.97. The van der Waals surface area contributed by atoms with Gasteiger partial charge < -0.3 is 9.84 Å². The number of aliphatic carboxylic acids is 1. The number of carbonyl (C=O) groups is 1. The minimum absolute atomic E-state index is 0.430. The van der Waals surface area contributed by atoms with Crippen molar-refractivity contribution in [3.05, 3.63) is 53.8 Å². The van der Waals surface area contributed by atoms with Crippen LogP contribution < -0.4 is 4.74 Å². The molecule has 104 valence electrons. The van der Waals surface area contributed by atoms with Gasteiger partial charge in [-0.3, -0.25) is 4.79 Å². The van der Waals surface area contributed by atoms with Gasteiger partial charge in [0.2, 0.25) is 0 Å². The quantitative estimate of drug-likeness (QED) is 0.924. The molecule has 0 bridgehead atoms. The first-order valence-corrected chi connectivity index (χ1v) is 6.19. The van der Waals surface area contributed by atoms with E-state index in [-0.39, 0.29) is 0 Å². The van der Waals surface area contributed by atoms with E-state index in [9.17, 15) is 9.18 Å². The monoisotopic (exact) mass is 274 g/mol. The number of carboxylic acid groups (broad SMARTS) is 1. The van der Waals surface area contributed by atoms with E-state index < -0.39 is 17.7 Å². The van der Waals surface area contributed by atoms with Crippen molar-refractivity contribution in [2.75, 3.05) is 7.11 Å². The summed E-state index contributed by atoms with van der Waals surface area (Å²) in [6.45, 7) is 1.53. The van der Waals surface area contributed by atoms with Crippen LogP contribution in [-0.2, 0) is 4.79 Å². The molecule has 2 rings (SSSR count). The van der Waals surface area contributed by atoms with Crippen molar-refractivity contribution in [2.24, 2.45) is 0 Å². The maximum Gasteiger partial charge on any atom is 0.310 e. The second-order valence-electron chi connectivity index (χ2n) is 4.53. The van der Waals surface area contributed by atoms with Crippen LogP contribution in [0.15, 0.2) is 42.5 Å². The summed E-state index contributed by atoms with van der Waals surface area (Å²) in [5.74, 6) is -1.43. The van der Waals surface area contributed by atoms with Crippen molar-refractivity contribution >= 4 is 5.97 Å². The van der Waals surface area contributed by atoms with Gasteiger partial charge in [-0.05, 0) is 36.2 Å². The van der Waals surface area contributed by atoms with Crippen molar-refractivity contribution in [3.8, 4) is 16.9 Å². The largest absolute Gasteiger partial charge is 0.497 e. The van der Waals surface area contributed by atoms with Gasteiger partial charge in [-0.25, -0.2) is 4.39 Å². The van der Waals surface area contributed by atoms with Gasteiger partial charge in [-0.2, -0.15) is 0 Å². The molecule has 0 aromatic heterocycles. The number of rotatable bonds is 4. The van der Waals surface area contributed by atoms with Crippen LogP contribution >= 0.6 is 0 Å². The minimum Gasteiger partial charge on any atom is -0.497 e. The van der Waals surface area contributed by atoms with Crippen LogP contribution in [0.2, 0.25) is 0 Å². The molecule has 2 aromatic carbocycles. The van der Waals surface area contributed by atoms with E-state index in [1.165, 1.54) is 13.0 Å². The first-order chi connectivity index (χ1) is 9.52. The molecule has 0 heterocycles. The average molecular weight is 274 g/mol. The molecule has 0 aliphatic carbocycles. The third-order valence-corrected chi connectivity index (χ3v) is 3.26. The Kier molecular flexibility index (Phi) is 4.03. The molecule has 0 unspecified atom stereocenters. The first kappa shape index (κ1) is 14.1. The lowest BCUT2D eigenvalue weighted by Crippen LogP contribution is -2.07. The van der Waals surface area contributed by atoms with Crippen LogP contribution in [0, 0.1) is 5.82 Å². The molecule has 0 saturated heterocycles. The van der Waals surface area contributed by atoms with E-state index in [0.29, 0.717) is 16.9 Å². The van der Waals surface area contributed by atoms with E-state index in [1.54, 1.807) is 43.5 Å². The van der Waals surface area contributed by atoms with Gasteiger partial charge in [0.05, 0.1) is 13.0 Å². The normalized spacial score (nSPS) is 11.9. The first-order valence-electron chi connectivity index (χ1n) is 6.19. The zero-order valence-electron chi connectivity index (χ0n) is 11.3. The van der Waals surface area contributed by atoms with Crippen LogP contribution in [0.25, 0.3) is 11.1 Å². The molecule has 3 nitrogen and oxygen atoms in total. The maximum absolute atomic E-state index is 14.1. The smallest absolute Gasteiger partial charge is 0.310 e. The Labute approximate surface area is 116 Å². The Morgan fingerprint density at radius 2 is 1.85 bits per heavy atom. The number of carboxylic acids is 1.